The maximum Gasteiger partial charge on any atom is 0.416 e. The standard InChI is InChI=1S/C15H19F4NS/c1-21-13-6-4-12(5-7-13)20-9-10-2-3-11(16)8-14(10)15(17,18)19/h2-3,8,12-13,20H,4-7,9H2,1H3. The molecule has 1 saturated carbocycles. The van der Waals surface area contributed by atoms with Crippen molar-refractivity contribution in [2.45, 2.75) is 49.7 Å². The molecule has 0 saturated heterocycles. The molecule has 1 nitrogen and oxygen atoms in total. The van der Waals surface area contributed by atoms with Crippen LogP contribution in [0.2, 0.25) is 0 Å². The van der Waals surface area contributed by atoms with E-state index in [-0.39, 0.29) is 18.2 Å². The normalized spacial score (nSPS) is 23.3. The molecule has 118 valence electrons. The molecular weight excluding hydrogens is 302 g/mol. The summed E-state index contributed by atoms with van der Waals surface area (Å²) < 4.78 is 51.7. The lowest BCUT2D eigenvalue weighted by molar-refractivity contribution is -0.138. The number of thioether (sulfide) groups is 1. The Bertz CT molecular complexity index is 467. The molecule has 1 aliphatic carbocycles. The summed E-state index contributed by atoms with van der Waals surface area (Å²) >= 11 is 1.85. The fourth-order valence-corrected chi connectivity index (χ4v) is 3.47. The third kappa shape index (κ3) is 4.61. The number of nitrogens with one attached hydrogen (secondary N) is 1. The molecule has 0 radical (unpaired) electrons. The van der Waals surface area contributed by atoms with E-state index < -0.39 is 17.6 Å². The molecule has 0 spiro atoms. The second-order valence-electron chi connectivity index (χ2n) is 5.39. The van der Waals surface area contributed by atoms with Crippen molar-refractivity contribution in [2.75, 3.05) is 6.26 Å². The summed E-state index contributed by atoms with van der Waals surface area (Å²) in [4.78, 5) is 0. The molecule has 0 amide bonds. The van der Waals surface area contributed by atoms with Gasteiger partial charge in [-0.1, -0.05) is 6.07 Å². The summed E-state index contributed by atoms with van der Waals surface area (Å²) in [7, 11) is 0. The summed E-state index contributed by atoms with van der Waals surface area (Å²) in [5, 5.41) is 3.85. The highest BCUT2D eigenvalue weighted by atomic mass is 32.2. The third-order valence-electron chi connectivity index (χ3n) is 3.97. The summed E-state index contributed by atoms with van der Waals surface area (Å²) in [6, 6.07) is 3.12. The molecular formula is C15H19F4NS. The first-order valence-corrected chi connectivity index (χ1v) is 8.30. The fraction of sp³-hybridized carbons (Fsp3) is 0.600. The molecule has 0 bridgehead atoms. The van der Waals surface area contributed by atoms with Crippen LogP contribution >= 0.6 is 11.8 Å². The highest BCUT2D eigenvalue weighted by Gasteiger charge is 2.33. The molecule has 0 aliphatic heterocycles. The zero-order valence-electron chi connectivity index (χ0n) is 11.8. The summed E-state index contributed by atoms with van der Waals surface area (Å²) in [5.74, 6) is -0.855. The SMILES string of the molecule is CSC1CCC(NCc2ccc(F)cc2C(F)(F)F)CC1. The molecule has 0 atom stereocenters. The van der Waals surface area contributed by atoms with Crippen LogP contribution in [0.1, 0.15) is 36.8 Å². The lowest BCUT2D eigenvalue weighted by Crippen LogP contribution is -2.34. The van der Waals surface area contributed by atoms with Gasteiger partial charge in [0.25, 0.3) is 0 Å². The van der Waals surface area contributed by atoms with Crippen LogP contribution in [0, 0.1) is 5.82 Å². The second kappa shape index (κ2) is 7.01. The van der Waals surface area contributed by atoms with Gasteiger partial charge in [-0.05, 0) is 49.6 Å². The molecule has 1 aliphatic rings. The number of alkyl halides is 3. The van der Waals surface area contributed by atoms with Gasteiger partial charge in [-0.3, -0.25) is 0 Å². The zero-order chi connectivity index (χ0) is 15.5. The van der Waals surface area contributed by atoms with Gasteiger partial charge in [-0.25, -0.2) is 4.39 Å². The summed E-state index contributed by atoms with van der Waals surface area (Å²) in [6.07, 6.45) is 1.72. The Labute approximate surface area is 126 Å². The van der Waals surface area contributed by atoms with Crippen molar-refractivity contribution in [3.63, 3.8) is 0 Å². The van der Waals surface area contributed by atoms with Gasteiger partial charge in [0, 0.05) is 17.8 Å². The molecule has 2 rings (SSSR count). The number of benzene rings is 1. The minimum absolute atomic E-state index is 0.107. The monoisotopic (exact) mass is 321 g/mol. The predicted molar refractivity (Wildman–Crippen MR) is 77.8 cm³/mol. The molecule has 1 aromatic rings. The molecule has 1 fully saturated rings. The van der Waals surface area contributed by atoms with Crippen LogP contribution in [-0.4, -0.2) is 17.5 Å². The fourth-order valence-electron chi connectivity index (χ4n) is 2.72. The van der Waals surface area contributed by atoms with E-state index in [1.54, 1.807) is 0 Å². The Morgan fingerprint density at radius 3 is 2.43 bits per heavy atom. The highest BCUT2D eigenvalue weighted by molar-refractivity contribution is 7.99. The first-order chi connectivity index (χ1) is 9.90. The topological polar surface area (TPSA) is 12.0 Å². The average Bonchev–Trinajstić information content (AvgIpc) is 2.45. The van der Waals surface area contributed by atoms with Crippen molar-refractivity contribution >= 4 is 11.8 Å². The number of hydrogen-bond donors (Lipinski definition) is 1. The minimum Gasteiger partial charge on any atom is -0.310 e. The van der Waals surface area contributed by atoms with Gasteiger partial charge in [0.15, 0.2) is 0 Å². The van der Waals surface area contributed by atoms with Crippen LogP contribution in [-0.2, 0) is 12.7 Å². The average molecular weight is 321 g/mol. The molecule has 0 aromatic heterocycles. The van der Waals surface area contributed by atoms with Gasteiger partial charge in [0.1, 0.15) is 5.82 Å². The smallest absolute Gasteiger partial charge is 0.310 e. The maximum atomic E-state index is 13.0. The lowest BCUT2D eigenvalue weighted by atomic mass is 9.94. The Balaban J connectivity index is 1.97. The second-order valence-corrected chi connectivity index (χ2v) is 6.53. The van der Waals surface area contributed by atoms with Crippen LogP contribution in [0.5, 0.6) is 0 Å². The van der Waals surface area contributed by atoms with Crippen LogP contribution in [0.4, 0.5) is 17.6 Å². The predicted octanol–water partition coefficient (Wildman–Crippen LogP) is 4.61. The maximum absolute atomic E-state index is 13.0. The lowest BCUT2D eigenvalue weighted by Gasteiger charge is -2.28. The van der Waals surface area contributed by atoms with Gasteiger partial charge < -0.3 is 5.32 Å². The van der Waals surface area contributed by atoms with Crippen LogP contribution in [0.25, 0.3) is 0 Å². The molecule has 6 heteroatoms. The van der Waals surface area contributed by atoms with Gasteiger partial charge in [0.05, 0.1) is 5.56 Å². The van der Waals surface area contributed by atoms with Crippen molar-refractivity contribution in [3.05, 3.63) is 35.1 Å². The summed E-state index contributed by atoms with van der Waals surface area (Å²) in [5.41, 5.74) is -0.774. The minimum atomic E-state index is -4.52. The molecule has 0 unspecified atom stereocenters. The van der Waals surface area contributed by atoms with Crippen molar-refractivity contribution in [1.82, 2.24) is 5.32 Å². The molecule has 21 heavy (non-hydrogen) atoms. The van der Waals surface area contributed by atoms with Crippen molar-refractivity contribution in [3.8, 4) is 0 Å². The Morgan fingerprint density at radius 1 is 1.19 bits per heavy atom. The van der Waals surface area contributed by atoms with Crippen molar-refractivity contribution in [1.29, 1.82) is 0 Å². The number of rotatable bonds is 4. The van der Waals surface area contributed by atoms with E-state index in [4.69, 9.17) is 0 Å². The van der Waals surface area contributed by atoms with E-state index in [9.17, 15) is 17.6 Å². The van der Waals surface area contributed by atoms with E-state index in [2.05, 4.69) is 11.6 Å². The van der Waals surface area contributed by atoms with Gasteiger partial charge in [0.2, 0.25) is 0 Å². The number of hydrogen-bond acceptors (Lipinski definition) is 2. The van der Waals surface area contributed by atoms with Crippen molar-refractivity contribution < 1.29 is 17.6 Å². The van der Waals surface area contributed by atoms with E-state index in [0.717, 1.165) is 31.7 Å². The first kappa shape index (κ1) is 16.6. The molecule has 0 heterocycles. The Hall–Kier alpha value is -0.750. The zero-order valence-corrected chi connectivity index (χ0v) is 12.7. The number of halogens is 4. The van der Waals surface area contributed by atoms with Crippen LogP contribution < -0.4 is 5.32 Å². The van der Waals surface area contributed by atoms with Gasteiger partial charge >= 0.3 is 6.18 Å². The van der Waals surface area contributed by atoms with Crippen molar-refractivity contribution in [2.24, 2.45) is 0 Å². The highest BCUT2D eigenvalue weighted by Crippen LogP contribution is 2.33. The summed E-state index contributed by atoms with van der Waals surface area (Å²) in [6.45, 7) is 0.129. The molecule has 1 aromatic carbocycles. The van der Waals surface area contributed by atoms with Gasteiger partial charge in [-0.15, -0.1) is 0 Å². The molecule has 1 N–H and O–H groups in total. The largest absolute Gasteiger partial charge is 0.416 e. The Kier molecular flexibility index (Phi) is 5.54. The van der Waals surface area contributed by atoms with E-state index in [1.807, 2.05) is 11.8 Å². The van der Waals surface area contributed by atoms with E-state index in [0.29, 0.717) is 11.3 Å². The van der Waals surface area contributed by atoms with Crippen LogP contribution in [0.3, 0.4) is 0 Å². The van der Waals surface area contributed by atoms with Gasteiger partial charge in [-0.2, -0.15) is 24.9 Å². The van der Waals surface area contributed by atoms with E-state index >= 15 is 0 Å². The third-order valence-corrected chi connectivity index (χ3v) is 5.10. The van der Waals surface area contributed by atoms with Crippen LogP contribution in [0.15, 0.2) is 18.2 Å². The quantitative estimate of drug-likeness (QED) is 0.813. The Morgan fingerprint density at radius 2 is 1.86 bits per heavy atom. The van der Waals surface area contributed by atoms with E-state index in [1.165, 1.54) is 6.07 Å². The first-order valence-electron chi connectivity index (χ1n) is 7.02.